The average Bonchev–Trinajstić information content (AvgIpc) is 3.26. The van der Waals surface area contributed by atoms with E-state index in [4.69, 9.17) is 11.6 Å². The molecule has 1 aromatic heterocycles. The molecule has 0 aliphatic rings. The zero-order valence-corrected chi connectivity index (χ0v) is 19.5. The van der Waals surface area contributed by atoms with Crippen LogP contribution < -0.4 is 10.9 Å². The molecule has 0 fully saturated rings. The lowest BCUT2D eigenvalue weighted by atomic mass is 10.2. The van der Waals surface area contributed by atoms with Crippen LogP contribution in [0, 0.1) is 12.7 Å². The van der Waals surface area contributed by atoms with Crippen LogP contribution in [0.25, 0.3) is 17.1 Å². The first-order valence-corrected chi connectivity index (χ1v) is 11.5. The number of amides is 2. The summed E-state index contributed by atoms with van der Waals surface area (Å²) in [6.45, 7) is 2.00. The van der Waals surface area contributed by atoms with E-state index in [1.54, 1.807) is 12.1 Å². The van der Waals surface area contributed by atoms with Gasteiger partial charge in [0, 0.05) is 21.8 Å². The largest absolute Gasteiger partial charge is 0.272 e. The molecule has 1 heterocycles. The van der Waals surface area contributed by atoms with Gasteiger partial charge in [0.25, 0.3) is 5.91 Å². The lowest BCUT2D eigenvalue weighted by Gasteiger charge is -2.11. The summed E-state index contributed by atoms with van der Waals surface area (Å²) in [7, 11) is 0. The Hall–Kier alpha value is -3.69. The predicted molar refractivity (Wildman–Crippen MR) is 129 cm³/mol. The maximum Gasteiger partial charge on any atom is 0.269 e. The minimum absolute atomic E-state index is 0.0195. The molecule has 0 aliphatic heterocycles. The molecule has 0 bridgehead atoms. The van der Waals surface area contributed by atoms with Crippen molar-refractivity contribution in [2.24, 2.45) is 0 Å². The number of carbonyl (C=O) groups excluding carboxylic acids is 2. The van der Waals surface area contributed by atoms with E-state index in [-0.39, 0.29) is 11.3 Å². The van der Waals surface area contributed by atoms with Gasteiger partial charge in [0.2, 0.25) is 5.91 Å². The predicted octanol–water partition coefficient (Wildman–Crippen LogP) is 4.59. The zero-order chi connectivity index (χ0) is 24.1. The number of thioether (sulfide) groups is 1. The van der Waals surface area contributed by atoms with Crippen molar-refractivity contribution in [2.75, 3.05) is 5.75 Å². The van der Waals surface area contributed by atoms with Gasteiger partial charge in [-0.2, -0.15) is 0 Å². The van der Waals surface area contributed by atoms with Gasteiger partial charge in [-0.1, -0.05) is 41.1 Å². The van der Waals surface area contributed by atoms with E-state index in [1.165, 1.54) is 36.0 Å². The third kappa shape index (κ3) is 5.62. The maximum absolute atomic E-state index is 13.0. The Bertz CT molecular complexity index is 1310. The molecule has 3 aromatic carbocycles. The molecule has 0 saturated heterocycles. The zero-order valence-electron chi connectivity index (χ0n) is 18.0. The highest BCUT2D eigenvalue weighted by molar-refractivity contribution is 7.99. The van der Waals surface area contributed by atoms with Gasteiger partial charge < -0.3 is 0 Å². The van der Waals surface area contributed by atoms with Crippen LogP contribution in [-0.2, 0) is 4.79 Å². The van der Waals surface area contributed by atoms with Gasteiger partial charge in [0.1, 0.15) is 5.82 Å². The topological polar surface area (TPSA) is 88.9 Å². The number of hydrogen-bond acceptors (Lipinski definition) is 5. The fraction of sp³-hybridized carbons (Fsp3) is 0.0833. The summed E-state index contributed by atoms with van der Waals surface area (Å²) >= 11 is 7.20. The van der Waals surface area contributed by atoms with Crippen LogP contribution in [0.4, 0.5) is 4.39 Å². The van der Waals surface area contributed by atoms with Crippen LogP contribution in [-0.4, -0.2) is 32.3 Å². The molecule has 4 aromatic rings. The average molecular weight is 496 g/mol. The van der Waals surface area contributed by atoms with Crippen LogP contribution >= 0.6 is 23.4 Å². The molecule has 0 atom stereocenters. The van der Waals surface area contributed by atoms with Gasteiger partial charge >= 0.3 is 0 Å². The number of halogens is 2. The molecule has 0 radical (unpaired) electrons. The molecule has 10 heteroatoms. The number of nitrogens with one attached hydrogen (secondary N) is 2. The summed E-state index contributed by atoms with van der Waals surface area (Å²) < 4.78 is 14.9. The summed E-state index contributed by atoms with van der Waals surface area (Å²) in [6.07, 6.45) is 0. The second-order valence-electron chi connectivity index (χ2n) is 7.28. The normalized spacial score (nSPS) is 10.7. The standard InChI is InChI=1S/C24H19ClFN5O2S/c1-15-2-12-20(13-3-15)31-22(16-4-8-18(25)9-5-16)28-30-24(31)34-14-21(32)27-29-23(33)17-6-10-19(26)11-7-17/h2-13H,14H2,1H3,(H,27,32)(H,29,33). The van der Waals surface area contributed by atoms with Crippen LogP contribution in [0.2, 0.25) is 5.02 Å². The number of aryl methyl sites for hydroxylation is 1. The summed E-state index contributed by atoms with van der Waals surface area (Å²) in [5.74, 6) is -0.854. The molecular weight excluding hydrogens is 477 g/mol. The van der Waals surface area contributed by atoms with Crippen molar-refractivity contribution >= 4 is 35.2 Å². The number of carbonyl (C=O) groups is 2. The molecule has 0 unspecified atom stereocenters. The molecular formula is C24H19ClFN5O2S. The van der Waals surface area contributed by atoms with E-state index in [9.17, 15) is 14.0 Å². The number of benzene rings is 3. The Morgan fingerprint density at radius 2 is 1.62 bits per heavy atom. The SMILES string of the molecule is Cc1ccc(-n2c(SCC(=O)NNC(=O)c3ccc(F)cc3)nnc2-c2ccc(Cl)cc2)cc1. The van der Waals surface area contributed by atoms with Crippen LogP contribution in [0.1, 0.15) is 15.9 Å². The first-order chi connectivity index (χ1) is 16.4. The summed E-state index contributed by atoms with van der Waals surface area (Å²) in [5.41, 5.74) is 7.66. The molecule has 172 valence electrons. The summed E-state index contributed by atoms with van der Waals surface area (Å²) in [4.78, 5) is 24.4. The van der Waals surface area contributed by atoms with Crippen LogP contribution in [0.3, 0.4) is 0 Å². The second kappa shape index (κ2) is 10.5. The van der Waals surface area contributed by atoms with Crippen molar-refractivity contribution in [3.8, 4) is 17.1 Å². The first kappa shape index (κ1) is 23.5. The van der Waals surface area contributed by atoms with Gasteiger partial charge in [-0.25, -0.2) is 4.39 Å². The van der Waals surface area contributed by atoms with E-state index >= 15 is 0 Å². The Morgan fingerprint density at radius 1 is 0.941 bits per heavy atom. The lowest BCUT2D eigenvalue weighted by molar-refractivity contribution is -0.119. The van der Waals surface area contributed by atoms with Crippen molar-refractivity contribution in [3.63, 3.8) is 0 Å². The van der Waals surface area contributed by atoms with Crippen molar-refractivity contribution in [1.29, 1.82) is 0 Å². The number of aromatic nitrogens is 3. The Morgan fingerprint density at radius 3 is 2.29 bits per heavy atom. The van der Waals surface area contributed by atoms with Crippen LogP contribution in [0.5, 0.6) is 0 Å². The van der Waals surface area contributed by atoms with E-state index in [0.29, 0.717) is 16.0 Å². The van der Waals surface area contributed by atoms with Gasteiger partial charge in [-0.3, -0.25) is 25.0 Å². The Labute approximate surface area is 204 Å². The fourth-order valence-electron chi connectivity index (χ4n) is 3.04. The minimum Gasteiger partial charge on any atom is -0.272 e. The molecule has 0 aliphatic carbocycles. The number of rotatable bonds is 6. The molecule has 34 heavy (non-hydrogen) atoms. The highest BCUT2D eigenvalue weighted by Crippen LogP contribution is 2.28. The smallest absolute Gasteiger partial charge is 0.269 e. The Balaban J connectivity index is 1.48. The van der Waals surface area contributed by atoms with Gasteiger partial charge in [-0.05, 0) is 67.6 Å². The van der Waals surface area contributed by atoms with Gasteiger partial charge in [0.05, 0.1) is 5.75 Å². The lowest BCUT2D eigenvalue weighted by Crippen LogP contribution is -2.42. The molecule has 2 amide bonds. The number of hydrogen-bond donors (Lipinski definition) is 2. The van der Waals surface area contributed by atoms with Gasteiger partial charge in [0.15, 0.2) is 11.0 Å². The van der Waals surface area contributed by atoms with E-state index in [0.717, 1.165) is 16.8 Å². The van der Waals surface area contributed by atoms with Crippen LogP contribution in [0.15, 0.2) is 78.0 Å². The number of nitrogens with zero attached hydrogens (tertiary/aromatic N) is 3. The summed E-state index contributed by atoms with van der Waals surface area (Å²) in [5, 5.41) is 9.73. The first-order valence-electron chi connectivity index (χ1n) is 10.2. The molecule has 4 rings (SSSR count). The second-order valence-corrected chi connectivity index (χ2v) is 8.66. The fourth-order valence-corrected chi connectivity index (χ4v) is 3.92. The molecule has 7 nitrogen and oxygen atoms in total. The molecule has 2 N–H and O–H groups in total. The highest BCUT2D eigenvalue weighted by atomic mass is 35.5. The third-order valence-corrected chi connectivity index (χ3v) is 5.96. The molecule has 0 saturated carbocycles. The highest BCUT2D eigenvalue weighted by Gasteiger charge is 2.18. The van der Waals surface area contributed by atoms with Crippen molar-refractivity contribution in [3.05, 3.63) is 94.8 Å². The Kier molecular flexibility index (Phi) is 7.24. The van der Waals surface area contributed by atoms with E-state index in [2.05, 4.69) is 21.0 Å². The molecule has 0 spiro atoms. The van der Waals surface area contributed by atoms with Crippen molar-refractivity contribution in [2.45, 2.75) is 12.1 Å². The van der Waals surface area contributed by atoms with Gasteiger partial charge in [-0.15, -0.1) is 10.2 Å². The summed E-state index contributed by atoms with van der Waals surface area (Å²) in [6, 6.07) is 20.1. The number of hydrazine groups is 1. The van der Waals surface area contributed by atoms with E-state index in [1.807, 2.05) is 47.9 Å². The monoisotopic (exact) mass is 495 g/mol. The third-order valence-electron chi connectivity index (χ3n) is 4.78. The van der Waals surface area contributed by atoms with Crippen molar-refractivity contribution < 1.29 is 14.0 Å². The van der Waals surface area contributed by atoms with Crippen molar-refractivity contribution in [1.82, 2.24) is 25.6 Å². The quantitative estimate of drug-likeness (QED) is 0.302. The maximum atomic E-state index is 13.0. The van der Waals surface area contributed by atoms with E-state index < -0.39 is 17.6 Å². The minimum atomic E-state index is -0.550.